The summed E-state index contributed by atoms with van der Waals surface area (Å²) in [5.74, 6) is 1.00. The van der Waals surface area contributed by atoms with Gasteiger partial charge in [-0.15, -0.1) is 0 Å². The quantitative estimate of drug-likeness (QED) is 0.444. The Bertz CT molecular complexity index is 1210. The lowest BCUT2D eigenvalue weighted by Gasteiger charge is -2.54. The average Bonchev–Trinajstić information content (AvgIpc) is 3.06. The number of para-hydroxylation sites is 2. The molecule has 0 radical (unpaired) electrons. The van der Waals surface area contributed by atoms with Gasteiger partial charge in [-0.1, -0.05) is 44.2 Å². The number of rotatable bonds is 5. The van der Waals surface area contributed by atoms with E-state index in [4.69, 9.17) is 10.1 Å². The van der Waals surface area contributed by atoms with Crippen LogP contribution in [-0.2, 0) is 9.53 Å². The molecule has 7 heteroatoms. The number of carbonyl (C=O) groups is 1. The molecule has 0 amide bonds. The Balaban J connectivity index is 1.33. The molecule has 2 aliphatic heterocycles. The maximum absolute atomic E-state index is 13.8. The third kappa shape index (κ3) is 4.64. The normalized spacial score (nSPS) is 32.0. The topological polar surface area (TPSA) is 88.3 Å². The van der Waals surface area contributed by atoms with Crippen LogP contribution in [0, 0.1) is 17.2 Å². The van der Waals surface area contributed by atoms with Gasteiger partial charge in [-0.05, 0) is 75.8 Å². The highest BCUT2D eigenvalue weighted by molar-refractivity contribution is 6.41. The van der Waals surface area contributed by atoms with Crippen LogP contribution in [0.1, 0.15) is 95.7 Å². The molecule has 1 N–H and O–H groups in total. The summed E-state index contributed by atoms with van der Waals surface area (Å²) in [6, 6.07) is 9.38. The van der Waals surface area contributed by atoms with Crippen molar-refractivity contribution in [1.29, 1.82) is 5.41 Å². The van der Waals surface area contributed by atoms with Crippen molar-refractivity contribution in [1.82, 2.24) is 14.5 Å². The molecule has 37 heavy (non-hydrogen) atoms. The van der Waals surface area contributed by atoms with Crippen molar-refractivity contribution in [2.75, 3.05) is 6.61 Å². The van der Waals surface area contributed by atoms with E-state index < -0.39 is 11.7 Å². The van der Waals surface area contributed by atoms with Gasteiger partial charge < -0.3 is 9.30 Å². The molecule has 0 spiro atoms. The standard InChI is InChI=1S/C30H40N4O3/c1-2-37-30(36)27(31)28-29(35)34(26-13-6-5-12-25(26)32-28)24-17-21-10-7-11-22(18-24)33(21)23-15-19-8-3-4-9-20(14-19)16-23/h5-6,12-13,19-24,31H,2-4,7-11,14-18H2,1H3. The molecule has 7 nitrogen and oxygen atoms in total. The van der Waals surface area contributed by atoms with Gasteiger partial charge in [0.25, 0.3) is 5.56 Å². The van der Waals surface area contributed by atoms with Gasteiger partial charge in [-0.2, -0.15) is 0 Å². The Morgan fingerprint density at radius 1 is 0.919 bits per heavy atom. The van der Waals surface area contributed by atoms with Crippen LogP contribution >= 0.6 is 0 Å². The van der Waals surface area contributed by atoms with E-state index in [-0.39, 0.29) is 23.9 Å². The molecule has 6 rings (SSSR count). The summed E-state index contributed by atoms with van der Waals surface area (Å²) in [5, 5.41) is 8.38. The Kier molecular flexibility index (Phi) is 6.91. The summed E-state index contributed by atoms with van der Waals surface area (Å²) in [7, 11) is 0. The van der Waals surface area contributed by atoms with Crippen molar-refractivity contribution < 1.29 is 9.53 Å². The molecule has 2 aromatic rings. The number of ether oxygens (including phenoxy) is 1. The van der Waals surface area contributed by atoms with Crippen molar-refractivity contribution in [2.45, 2.75) is 108 Å². The van der Waals surface area contributed by atoms with E-state index in [9.17, 15) is 9.59 Å². The summed E-state index contributed by atoms with van der Waals surface area (Å²) in [5.41, 5.74) is 0.565. The molecule has 4 bridgehead atoms. The number of hydrogen-bond donors (Lipinski definition) is 1. The van der Waals surface area contributed by atoms with E-state index in [0.29, 0.717) is 23.6 Å². The van der Waals surface area contributed by atoms with Gasteiger partial charge in [-0.25, -0.2) is 9.78 Å². The van der Waals surface area contributed by atoms with Crippen molar-refractivity contribution in [2.24, 2.45) is 11.8 Å². The number of hydrogen-bond acceptors (Lipinski definition) is 6. The van der Waals surface area contributed by atoms with Crippen LogP contribution in [0.4, 0.5) is 0 Å². The van der Waals surface area contributed by atoms with E-state index >= 15 is 0 Å². The Morgan fingerprint density at radius 2 is 1.59 bits per heavy atom. The van der Waals surface area contributed by atoms with Crippen LogP contribution in [-0.4, -0.2) is 50.9 Å². The first-order valence-corrected chi connectivity index (χ1v) is 14.6. The molecule has 3 heterocycles. The molecule has 1 aromatic carbocycles. The molecule has 198 valence electrons. The molecule has 2 saturated heterocycles. The summed E-state index contributed by atoms with van der Waals surface area (Å²) in [6.45, 7) is 1.86. The lowest BCUT2D eigenvalue weighted by atomic mass is 9.73. The summed E-state index contributed by atoms with van der Waals surface area (Å²) >= 11 is 0. The largest absolute Gasteiger partial charge is 0.461 e. The number of carbonyl (C=O) groups excluding carboxylic acids is 1. The molecule has 4 aliphatic rings. The highest BCUT2D eigenvalue weighted by Crippen LogP contribution is 2.46. The predicted molar refractivity (Wildman–Crippen MR) is 144 cm³/mol. The Labute approximate surface area is 219 Å². The first-order chi connectivity index (χ1) is 18.0. The number of aromatic nitrogens is 2. The van der Waals surface area contributed by atoms with Gasteiger partial charge in [0.1, 0.15) is 0 Å². The number of esters is 1. The first kappa shape index (κ1) is 24.8. The maximum Gasteiger partial charge on any atom is 0.358 e. The van der Waals surface area contributed by atoms with Gasteiger partial charge in [0.2, 0.25) is 0 Å². The summed E-state index contributed by atoms with van der Waals surface area (Å²) in [4.78, 5) is 33.6. The molecule has 4 unspecified atom stereocenters. The van der Waals surface area contributed by atoms with Crippen molar-refractivity contribution >= 4 is 22.7 Å². The Hall–Kier alpha value is -2.54. The van der Waals surface area contributed by atoms with Crippen molar-refractivity contribution in [3.05, 3.63) is 40.3 Å². The fourth-order valence-corrected chi connectivity index (χ4v) is 8.29. The van der Waals surface area contributed by atoms with E-state index in [2.05, 4.69) is 9.88 Å². The van der Waals surface area contributed by atoms with Gasteiger partial charge in [0.05, 0.1) is 17.6 Å². The number of nitrogens with zero attached hydrogens (tertiary/aromatic N) is 3. The summed E-state index contributed by atoms with van der Waals surface area (Å²) in [6.07, 6.45) is 15.3. The number of piperidine rings is 2. The van der Waals surface area contributed by atoms with Crippen LogP contribution in [0.3, 0.4) is 0 Å². The number of nitrogens with one attached hydrogen (secondary N) is 1. The molecule has 2 aliphatic carbocycles. The van der Waals surface area contributed by atoms with E-state index in [0.717, 1.165) is 30.2 Å². The zero-order valence-electron chi connectivity index (χ0n) is 22.0. The second-order valence-electron chi connectivity index (χ2n) is 11.9. The van der Waals surface area contributed by atoms with Crippen LogP contribution in [0.2, 0.25) is 0 Å². The third-order valence-electron chi connectivity index (χ3n) is 9.66. The zero-order chi connectivity index (χ0) is 25.5. The van der Waals surface area contributed by atoms with Crippen LogP contribution in [0.5, 0.6) is 0 Å². The monoisotopic (exact) mass is 504 g/mol. The first-order valence-electron chi connectivity index (χ1n) is 14.6. The third-order valence-corrected chi connectivity index (χ3v) is 9.66. The molecule has 1 aromatic heterocycles. The highest BCUT2D eigenvalue weighted by Gasteiger charge is 2.45. The minimum Gasteiger partial charge on any atom is -0.461 e. The van der Waals surface area contributed by atoms with Crippen LogP contribution in [0.15, 0.2) is 29.1 Å². The van der Waals surface area contributed by atoms with Crippen molar-refractivity contribution in [3.8, 4) is 0 Å². The average molecular weight is 505 g/mol. The smallest absolute Gasteiger partial charge is 0.358 e. The minimum atomic E-state index is -0.792. The predicted octanol–water partition coefficient (Wildman–Crippen LogP) is 5.24. The maximum atomic E-state index is 13.8. The van der Waals surface area contributed by atoms with Crippen molar-refractivity contribution in [3.63, 3.8) is 0 Å². The van der Waals surface area contributed by atoms with Gasteiger partial charge in [0.15, 0.2) is 11.4 Å². The molecule has 4 atom stereocenters. The second kappa shape index (κ2) is 10.3. The molecule has 2 saturated carbocycles. The minimum absolute atomic E-state index is 0.0477. The van der Waals surface area contributed by atoms with Gasteiger partial charge in [0, 0.05) is 24.2 Å². The second-order valence-corrected chi connectivity index (χ2v) is 11.9. The fourth-order valence-electron chi connectivity index (χ4n) is 8.29. The van der Waals surface area contributed by atoms with Crippen LogP contribution in [0.25, 0.3) is 11.0 Å². The number of fused-ring (bicyclic) bond motifs is 5. The lowest BCUT2D eigenvalue weighted by molar-refractivity contribution is -0.135. The fraction of sp³-hybridized carbons (Fsp3) is 0.667. The van der Waals surface area contributed by atoms with Crippen LogP contribution < -0.4 is 5.56 Å². The summed E-state index contributed by atoms with van der Waals surface area (Å²) < 4.78 is 6.90. The lowest BCUT2D eigenvalue weighted by Crippen LogP contribution is -2.58. The van der Waals surface area contributed by atoms with Gasteiger partial charge >= 0.3 is 5.97 Å². The SMILES string of the molecule is CCOC(=O)C(=N)c1nc2ccccc2n(C2CC3CCCC(C2)N3C2CC3CCCCC(C3)C2)c1=O. The molecular formula is C30H40N4O3. The molecular weight excluding hydrogens is 464 g/mol. The Morgan fingerprint density at radius 3 is 2.27 bits per heavy atom. The zero-order valence-corrected chi connectivity index (χ0v) is 22.0. The van der Waals surface area contributed by atoms with E-state index in [1.54, 1.807) is 6.92 Å². The highest BCUT2D eigenvalue weighted by atomic mass is 16.5. The van der Waals surface area contributed by atoms with E-state index in [1.807, 2.05) is 28.8 Å². The van der Waals surface area contributed by atoms with E-state index in [1.165, 1.54) is 64.2 Å². The number of benzene rings is 1. The van der Waals surface area contributed by atoms with Gasteiger partial charge in [-0.3, -0.25) is 15.1 Å². The molecule has 4 fully saturated rings.